The van der Waals surface area contributed by atoms with Gasteiger partial charge in [-0.25, -0.2) is 23.0 Å². The molecule has 2 rings (SSSR count). The summed E-state index contributed by atoms with van der Waals surface area (Å²) < 4.78 is 60.5. The van der Waals surface area contributed by atoms with Crippen molar-refractivity contribution < 1.29 is 41.4 Å². The summed E-state index contributed by atoms with van der Waals surface area (Å²) in [6.45, 7) is 5.31. The molecular weight excluding hydrogens is 547 g/mol. The van der Waals surface area contributed by atoms with Crippen LogP contribution in [0.1, 0.15) is 37.0 Å². The minimum Gasteiger partial charge on any atom is -0.478 e. The number of unbranched alkanes of at least 4 members (excludes halogenated alkanes) is 1. The van der Waals surface area contributed by atoms with Crippen molar-refractivity contribution >= 4 is 49.4 Å². The predicted octanol–water partition coefficient (Wildman–Crippen LogP) is 4.60. The molecule has 0 spiro atoms. The molecule has 9 nitrogen and oxygen atoms in total. The van der Waals surface area contributed by atoms with Gasteiger partial charge in [0.1, 0.15) is 0 Å². The van der Waals surface area contributed by atoms with Crippen molar-refractivity contribution in [1.29, 1.82) is 0 Å². The van der Waals surface area contributed by atoms with E-state index in [1.165, 1.54) is 24.4 Å². The first kappa shape index (κ1) is 29.2. The molecule has 2 aromatic rings. The Kier molecular flexibility index (Phi) is 10.8. The van der Waals surface area contributed by atoms with E-state index < -0.39 is 28.1 Å². The fourth-order valence-electron chi connectivity index (χ4n) is 2.48. The van der Waals surface area contributed by atoms with Crippen LogP contribution in [0, 0.1) is 0 Å². The highest BCUT2D eigenvalue weighted by Gasteiger charge is 2.38. The summed E-state index contributed by atoms with van der Waals surface area (Å²) in [6, 6.07) is 7.49. The van der Waals surface area contributed by atoms with Crippen LogP contribution in [-0.2, 0) is 14.8 Å². The lowest BCUT2D eigenvalue weighted by molar-refractivity contribution is -0.192. The number of aromatic carboxylic acids is 1. The number of halogens is 4. The average Bonchev–Trinajstić information content (AvgIpc) is 2.74. The van der Waals surface area contributed by atoms with Gasteiger partial charge in [-0.2, -0.15) is 13.2 Å². The van der Waals surface area contributed by atoms with Crippen molar-refractivity contribution in [3.63, 3.8) is 0 Å². The largest absolute Gasteiger partial charge is 0.490 e. The molecule has 0 amide bonds. The number of pyridine rings is 1. The van der Waals surface area contributed by atoms with Crippen LogP contribution in [-0.4, -0.2) is 54.8 Å². The SMILES string of the molecule is CCCCN(CC)c1ncc(C(=O)O)cc1NS(=O)(=O)c1ccc(Br)cc1.O=C(O)C(F)(F)F. The van der Waals surface area contributed by atoms with Crippen LogP contribution in [0.3, 0.4) is 0 Å². The van der Waals surface area contributed by atoms with Crippen molar-refractivity contribution in [2.75, 3.05) is 22.7 Å². The van der Waals surface area contributed by atoms with Gasteiger partial charge < -0.3 is 15.1 Å². The fraction of sp³-hybridized carbons (Fsp3) is 0.350. The monoisotopic (exact) mass is 569 g/mol. The molecule has 0 aliphatic rings. The van der Waals surface area contributed by atoms with Crippen molar-refractivity contribution in [3.8, 4) is 0 Å². The quantitative estimate of drug-likeness (QED) is 0.398. The number of nitrogens with one attached hydrogen (secondary N) is 1. The number of carboxylic acid groups (broad SMARTS) is 2. The van der Waals surface area contributed by atoms with E-state index in [2.05, 4.69) is 32.6 Å². The highest BCUT2D eigenvalue weighted by Crippen LogP contribution is 2.28. The molecule has 1 heterocycles. The maximum Gasteiger partial charge on any atom is 0.490 e. The number of carbonyl (C=O) groups is 2. The number of hydrogen-bond donors (Lipinski definition) is 3. The summed E-state index contributed by atoms with van der Waals surface area (Å²) >= 11 is 3.27. The number of anilines is 2. The maximum atomic E-state index is 12.8. The first-order valence-electron chi connectivity index (χ1n) is 9.79. The number of aromatic nitrogens is 1. The lowest BCUT2D eigenvalue weighted by Crippen LogP contribution is -2.27. The molecule has 1 aromatic heterocycles. The fourth-order valence-corrected chi connectivity index (χ4v) is 3.80. The van der Waals surface area contributed by atoms with Gasteiger partial charge in [0, 0.05) is 23.8 Å². The Morgan fingerprint density at radius 2 is 1.71 bits per heavy atom. The molecule has 0 atom stereocenters. The van der Waals surface area contributed by atoms with Crippen LogP contribution >= 0.6 is 15.9 Å². The molecule has 0 aliphatic heterocycles. The van der Waals surface area contributed by atoms with E-state index in [-0.39, 0.29) is 16.1 Å². The van der Waals surface area contributed by atoms with Crippen LogP contribution in [0.25, 0.3) is 0 Å². The number of rotatable bonds is 9. The molecule has 0 bridgehead atoms. The van der Waals surface area contributed by atoms with E-state index in [4.69, 9.17) is 9.90 Å². The van der Waals surface area contributed by atoms with Crippen molar-refractivity contribution in [3.05, 3.63) is 46.6 Å². The second-order valence-electron chi connectivity index (χ2n) is 6.70. The topological polar surface area (TPSA) is 137 Å². The van der Waals surface area contributed by atoms with Crippen LogP contribution in [0.4, 0.5) is 24.7 Å². The van der Waals surface area contributed by atoms with Crippen LogP contribution in [0.2, 0.25) is 0 Å². The summed E-state index contributed by atoms with van der Waals surface area (Å²) in [7, 11) is -3.89. The maximum absolute atomic E-state index is 12.8. The van der Waals surface area contributed by atoms with Gasteiger partial charge >= 0.3 is 18.1 Å². The zero-order chi connectivity index (χ0) is 26.1. The zero-order valence-electron chi connectivity index (χ0n) is 18.1. The molecule has 0 unspecified atom stereocenters. The molecular formula is C20H23BrF3N3O6S. The molecule has 1 aromatic carbocycles. The van der Waals surface area contributed by atoms with Gasteiger partial charge in [-0.3, -0.25) is 4.72 Å². The molecule has 0 fully saturated rings. The lowest BCUT2D eigenvalue weighted by atomic mass is 10.2. The molecule has 0 aliphatic carbocycles. The Morgan fingerprint density at radius 1 is 1.15 bits per heavy atom. The highest BCUT2D eigenvalue weighted by molar-refractivity contribution is 9.10. The summed E-state index contributed by atoms with van der Waals surface area (Å²) in [5.74, 6) is -3.51. The van der Waals surface area contributed by atoms with E-state index in [1.807, 2.05) is 11.8 Å². The van der Waals surface area contributed by atoms with Crippen molar-refractivity contribution in [1.82, 2.24) is 4.98 Å². The standard InChI is InChI=1S/C18H22BrN3O4S.C2HF3O2/c1-3-5-10-22(4-2)17-16(11-13(12-20-17)18(23)24)21-27(25,26)15-8-6-14(19)7-9-15;3-2(4,5)1(6)7/h6-9,11-12,21H,3-5,10H2,1-2H3,(H,23,24);(H,6,7). The second-order valence-corrected chi connectivity index (χ2v) is 9.29. The summed E-state index contributed by atoms with van der Waals surface area (Å²) in [6.07, 6.45) is -1.96. The van der Waals surface area contributed by atoms with Gasteiger partial charge in [0.25, 0.3) is 10.0 Å². The molecule has 34 heavy (non-hydrogen) atoms. The Hall–Kier alpha value is -2.87. The third-order valence-corrected chi connectivity index (χ3v) is 6.10. The first-order chi connectivity index (χ1) is 15.7. The van der Waals surface area contributed by atoms with E-state index in [0.717, 1.165) is 17.3 Å². The number of alkyl halides is 3. The number of sulfonamides is 1. The van der Waals surface area contributed by atoms with E-state index >= 15 is 0 Å². The normalized spacial score (nSPS) is 11.2. The van der Waals surface area contributed by atoms with Crippen LogP contribution in [0.15, 0.2) is 45.9 Å². The van der Waals surface area contributed by atoms with Gasteiger partial charge in [0.15, 0.2) is 5.82 Å². The first-order valence-corrected chi connectivity index (χ1v) is 12.1. The van der Waals surface area contributed by atoms with Gasteiger partial charge in [-0.05, 0) is 43.7 Å². The minimum atomic E-state index is -5.08. The average molecular weight is 570 g/mol. The van der Waals surface area contributed by atoms with Gasteiger partial charge in [0.2, 0.25) is 0 Å². The molecule has 3 N–H and O–H groups in total. The Labute approximate surface area is 202 Å². The summed E-state index contributed by atoms with van der Waals surface area (Å²) in [5, 5.41) is 16.4. The van der Waals surface area contributed by atoms with Gasteiger partial charge in [0.05, 0.1) is 16.1 Å². The minimum absolute atomic E-state index is 0.0778. The number of aliphatic carboxylic acids is 1. The Morgan fingerprint density at radius 3 is 2.15 bits per heavy atom. The number of carboxylic acids is 2. The molecule has 188 valence electrons. The Bertz CT molecular complexity index is 1100. The molecule has 14 heteroatoms. The number of benzene rings is 1. The van der Waals surface area contributed by atoms with Crippen LogP contribution in [0.5, 0.6) is 0 Å². The summed E-state index contributed by atoms with van der Waals surface area (Å²) in [5.41, 5.74) is 0.0644. The van der Waals surface area contributed by atoms with Crippen molar-refractivity contribution in [2.24, 2.45) is 0 Å². The molecule has 0 saturated heterocycles. The van der Waals surface area contributed by atoms with Gasteiger partial charge in [-0.15, -0.1) is 0 Å². The molecule has 0 saturated carbocycles. The highest BCUT2D eigenvalue weighted by atomic mass is 79.9. The second kappa shape index (κ2) is 12.6. The zero-order valence-corrected chi connectivity index (χ0v) is 20.5. The lowest BCUT2D eigenvalue weighted by Gasteiger charge is -2.24. The number of hydrogen-bond acceptors (Lipinski definition) is 6. The van der Waals surface area contributed by atoms with E-state index in [9.17, 15) is 31.5 Å². The Balaban J connectivity index is 0.000000718. The molecule has 0 radical (unpaired) electrons. The van der Waals surface area contributed by atoms with E-state index in [1.54, 1.807) is 12.1 Å². The van der Waals surface area contributed by atoms with Crippen molar-refractivity contribution in [2.45, 2.75) is 37.8 Å². The number of nitrogens with zero attached hydrogens (tertiary/aromatic N) is 2. The predicted molar refractivity (Wildman–Crippen MR) is 123 cm³/mol. The van der Waals surface area contributed by atoms with Gasteiger partial charge in [-0.1, -0.05) is 29.3 Å². The smallest absolute Gasteiger partial charge is 0.478 e. The summed E-state index contributed by atoms with van der Waals surface area (Å²) in [4.78, 5) is 26.4. The third kappa shape index (κ3) is 8.82. The third-order valence-electron chi connectivity index (χ3n) is 4.19. The van der Waals surface area contributed by atoms with E-state index in [0.29, 0.717) is 18.9 Å². The van der Waals surface area contributed by atoms with Crippen LogP contribution < -0.4 is 9.62 Å².